The number of hydrogen-bond acceptors (Lipinski definition) is 5. The van der Waals surface area contributed by atoms with Gasteiger partial charge < -0.3 is 20.1 Å². The SMILES string of the molecule is CCNC(=O)c1ccc(NC(=S)NC(=O)c2ccccc2OCCOC)cc1. The maximum Gasteiger partial charge on any atom is 0.261 e. The van der Waals surface area contributed by atoms with Crippen LogP contribution in [0.2, 0.25) is 0 Å². The zero-order chi connectivity index (χ0) is 20.4. The van der Waals surface area contributed by atoms with Gasteiger partial charge in [-0.3, -0.25) is 14.9 Å². The maximum absolute atomic E-state index is 12.5. The van der Waals surface area contributed by atoms with Gasteiger partial charge in [-0.2, -0.15) is 0 Å². The minimum atomic E-state index is -0.385. The molecule has 7 nitrogen and oxygen atoms in total. The van der Waals surface area contributed by atoms with Crippen molar-refractivity contribution in [2.24, 2.45) is 0 Å². The molecule has 0 aromatic heterocycles. The molecule has 0 heterocycles. The highest BCUT2D eigenvalue weighted by Gasteiger charge is 2.14. The molecule has 2 amide bonds. The first-order chi connectivity index (χ1) is 13.5. The largest absolute Gasteiger partial charge is 0.490 e. The predicted molar refractivity (Wildman–Crippen MR) is 112 cm³/mol. The van der Waals surface area contributed by atoms with Crippen molar-refractivity contribution in [3.8, 4) is 5.75 Å². The number of carbonyl (C=O) groups is 2. The zero-order valence-corrected chi connectivity index (χ0v) is 16.6. The molecule has 0 aliphatic rings. The highest BCUT2D eigenvalue weighted by Crippen LogP contribution is 2.18. The summed E-state index contributed by atoms with van der Waals surface area (Å²) in [4.78, 5) is 24.3. The molecule has 0 saturated heterocycles. The Labute approximate surface area is 169 Å². The van der Waals surface area contributed by atoms with Gasteiger partial charge in [0, 0.05) is 24.9 Å². The van der Waals surface area contributed by atoms with Gasteiger partial charge in [0.15, 0.2) is 5.11 Å². The first-order valence-electron chi connectivity index (χ1n) is 8.76. The highest BCUT2D eigenvalue weighted by molar-refractivity contribution is 7.80. The quantitative estimate of drug-likeness (QED) is 0.465. The Morgan fingerprint density at radius 2 is 1.71 bits per heavy atom. The van der Waals surface area contributed by atoms with Crippen LogP contribution in [0.1, 0.15) is 27.6 Å². The summed E-state index contributed by atoms with van der Waals surface area (Å²) in [5.41, 5.74) is 1.57. The molecular formula is C20H23N3O4S. The normalized spacial score (nSPS) is 10.1. The number of thiocarbonyl (C=S) groups is 1. The number of para-hydroxylation sites is 1. The second-order valence-corrected chi connectivity index (χ2v) is 6.09. The van der Waals surface area contributed by atoms with Crippen molar-refractivity contribution < 1.29 is 19.1 Å². The molecule has 0 saturated carbocycles. The fraction of sp³-hybridized carbons (Fsp3) is 0.250. The lowest BCUT2D eigenvalue weighted by Crippen LogP contribution is -2.34. The van der Waals surface area contributed by atoms with E-state index in [2.05, 4.69) is 16.0 Å². The number of benzene rings is 2. The van der Waals surface area contributed by atoms with E-state index in [1.54, 1.807) is 55.6 Å². The smallest absolute Gasteiger partial charge is 0.261 e. The summed E-state index contributed by atoms with van der Waals surface area (Å²) in [5, 5.41) is 8.41. The van der Waals surface area contributed by atoms with E-state index in [0.29, 0.717) is 42.3 Å². The summed E-state index contributed by atoms with van der Waals surface area (Å²) in [6.45, 7) is 3.17. The molecule has 148 valence electrons. The van der Waals surface area contributed by atoms with E-state index in [-0.39, 0.29) is 16.9 Å². The second-order valence-electron chi connectivity index (χ2n) is 5.68. The molecule has 2 rings (SSSR count). The van der Waals surface area contributed by atoms with Crippen molar-refractivity contribution in [1.82, 2.24) is 10.6 Å². The predicted octanol–water partition coefficient (Wildman–Crippen LogP) is 2.59. The van der Waals surface area contributed by atoms with E-state index in [1.165, 1.54) is 0 Å². The number of rotatable bonds is 8. The third-order valence-electron chi connectivity index (χ3n) is 3.65. The van der Waals surface area contributed by atoms with Crippen LogP contribution in [-0.2, 0) is 4.74 Å². The fourth-order valence-electron chi connectivity index (χ4n) is 2.32. The number of ether oxygens (including phenoxy) is 2. The minimum Gasteiger partial charge on any atom is -0.490 e. The standard InChI is InChI=1S/C20H23N3O4S/c1-3-21-18(24)14-8-10-15(11-9-14)22-20(28)23-19(25)16-6-4-5-7-17(16)27-13-12-26-2/h4-11H,3,12-13H2,1-2H3,(H,21,24)(H2,22,23,25,28). The highest BCUT2D eigenvalue weighted by atomic mass is 32.1. The molecule has 0 radical (unpaired) electrons. The second kappa shape index (κ2) is 11.0. The van der Waals surface area contributed by atoms with Gasteiger partial charge in [0.05, 0.1) is 12.2 Å². The molecular weight excluding hydrogens is 378 g/mol. The molecule has 0 unspecified atom stereocenters. The van der Waals surface area contributed by atoms with Gasteiger partial charge in [0.25, 0.3) is 11.8 Å². The summed E-state index contributed by atoms with van der Waals surface area (Å²) < 4.78 is 10.5. The van der Waals surface area contributed by atoms with Crippen molar-refractivity contribution in [3.63, 3.8) is 0 Å². The third kappa shape index (κ3) is 6.33. The van der Waals surface area contributed by atoms with Crippen molar-refractivity contribution in [3.05, 3.63) is 59.7 Å². The first-order valence-corrected chi connectivity index (χ1v) is 9.17. The Morgan fingerprint density at radius 1 is 1.00 bits per heavy atom. The number of methoxy groups -OCH3 is 1. The number of anilines is 1. The monoisotopic (exact) mass is 401 g/mol. The van der Waals surface area contributed by atoms with Crippen molar-refractivity contribution in [2.75, 3.05) is 32.2 Å². The van der Waals surface area contributed by atoms with Crippen LogP contribution in [-0.4, -0.2) is 43.8 Å². The Balaban J connectivity index is 1.96. The molecule has 3 N–H and O–H groups in total. The topological polar surface area (TPSA) is 88.7 Å². The summed E-state index contributed by atoms with van der Waals surface area (Å²) in [6, 6.07) is 13.7. The summed E-state index contributed by atoms with van der Waals surface area (Å²) in [5.74, 6) is -0.0781. The molecule has 0 aliphatic carbocycles. The molecule has 2 aromatic rings. The van der Waals surface area contributed by atoms with Crippen molar-refractivity contribution in [2.45, 2.75) is 6.92 Å². The van der Waals surface area contributed by atoms with Gasteiger partial charge in [-0.1, -0.05) is 12.1 Å². The Hall–Kier alpha value is -2.97. The van der Waals surface area contributed by atoms with E-state index in [1.807, 2.05) is 6.92 Å². The van der Waals surface area contributed by atoms with Crippen LogP contribution in [0.3, 0.4) is 0 Å². The Kier molecular flexibility index (Phi) is 8.38. The zero-order valence-electron chi connectivity index (χ0n) is 15.8. The van der Waals surface area contributed by atoms with Crippen LogP contribution in [0.25, 0.3) is 0 Å². The lowest BCUT2D eigenvalue weighted by Gasteiger charge is -2.13. The van der Waals surface area contributed by atoms with Crippen LogP contribution in [0.4, 0.5) is 5.69 Å². The van der Waals surface area contributed by atoms with E-state index < -0.39 is 0 Å². The van der Waals surface area contributed by atoms with Crippen molar-refractivity contribution in [1.29, 1.82) is 0 Å². The Bertz CT molecular complexity index is 824. The molecule has 0 atom stereocenters. The summed E-state index contributed by atoms with van der Waals surface area (Å²) in [6.07, 6.45) is 0. The van der Waals surface area contributed by atoms with Gasteiger partial charge >= 0.3 is 0 Å². The van der Waals surface area contributed by atoms with Gasteiger partial charge in [0.1, 0.15) is 12.4 Å². The van der Waals surface area contributed by atoms with Crippen LogP contribution < -0.4 is 20.7 Å². The number of hydrogen-bond donors (Lipinski definition) is 3. The first kappa shape index (κ1) is 21.3. The van der Waals surface area contributed by atoms with E-state index in [4.69, 9.17) is 21.7 Å². The molecule has 8 heteroatoms. The average molecular weight is 401 g/mol. The molecule has 0 bridgehead atoms. The third-order valence-corrected chi connectivity index (χ3v) is 3.85. The van der Waals surface area contributed by atoms with Crippen LogP contribution in [0.15, 0.2) is 48.5 Å². The van der Waals surface area contributed by atoms with Gasteiger partial charge in [0.2, 0.25) is 0 Å². The van der Waals surface area contributed by atoms with E-state index in [9.17, 15) is 9.59 Å². The average Bonchev–Trinajstić information content (AvgIpc) is 2.69. The molecule has 0 fully saturated rings. The summed E-state index contributed by atoms with van der Waals surface area (Å²) in [7, 11) is 1.58. The lowest BCUT2D eigenvalue weighted by molar-refractivity contribution is 0.0952. The van der Waals surface area contributed by atoms with Crippen LogP contribution in [0, 0.1) is 0 Å². The number of amides is 2. The summed E-state index contributed by atoms with van der Waals surface area (Å²) >= 11 is 5.20. The lowest BCUT2D eigenvalue weighted by atomic mass is 10.2. The molecule has 28 heavy (non-hydrogen) atoms. The fourth-order valence-corrected chi connectivity index (χ4v) is 2.53. The molecule has 2 aromatic carbocycles. The molecule has 0 spiro atoms. The molecule has 0 aliphatic heterocycles. The number of carbonyl (C=O) groups excluding carboxylic acids is 2. The Morgan fingerprint density at radius 3 is 2.39 bits per heavy atom. The van der Waals surface area contributed by atoms with Gasteiger partial charge in [-0.05, 0) is 55.5 Å². The van der Waals surface area contributed by atoms with Gasteiger partial charge in [-0.25, -0.2) is 0 Å². The van der Waals surface area contributed by atoms with Crippen LogP contribution in [0.5, 0.6) is 5.75 Å². The maximum atomic E-state index is 12.5. The van der Waals surface area contributed by atoms with E-state index in [0.717, 1.165) is 0 Å². The minimum absolute atomic E-state index is 0.141. The van der Waals surface area contributed by atoms with E-state index >= 15 is 0 Å². The van der Waals surface area contributed by atoms with Gasteiger partial charge in [-0.15, -0.1) is 0 Å². The van der Waals surface area contributed by atoms with Crippen LogP contribution >= 0.6 is 12.2 Å². The number of nitrogens with one attached hydrogen (secondary N) is 3. The van der Waals surface area contributed by atoms with Crippen molar-refractivity contribution >= 4 is 34.8 Å².